The smallest absolute Gasteiger partial charge is 0.373 e. The molecule has 4 aromatic rings. The number of para-hydroxylation sites is 1. The largest absolute Gasteiger partial charge is 0.463 e. The number of furan rings is 1. The van der Waals surface area contributed by atoms with Crippen molar-refractivity contribution in [3.8, 4) is 5.69 Å². The average Bonchev–Trinajstić information content (AvgIpc) is 3.49. The number of nitrogens with zero attached hydrogens (tertiary/aromatic N) is 5. The van der Waals surface area contributed by atoms with E-state index < -0.39 is 5.97 Å². The molecule has 3 aromatic heterocycles. The number of benzene rings is 1. The van der Waals surface area contributed by atoms with Crippen LogP contribution in [-0.2, 0) is 11.3 Å². The molecule has 10 nitrogen and oxygen atoms in total. The predicted octanol–water partition coefficient (Wildman–Crippen LogP) is 2.45. The summed E-state index contributed by atoms with van der Waals surface area (Å²) in [6.07, 6.45) is 3.16. The van der Waals surface area contributed by atoms with Crippen LogP contribution in [0.25, 0.3) is 5.69 Å². The van der Waals surface area contributed by atoms with Gasteiger partial charge in [0.2, 0.25) is 5.76 Å². The number of rotatable bonds is 6. The summed E-state index contributed by atoms with van der Waals surface area (Å²) in [5.41, 5.74) is 1.99. The van der Waals surface area contributed by atoms with E-state index in [1.165, 1.54) is 24.2 Å². The van der Waals surface area contributed by atoms with Gasteiger partial charge in [0.25, 0.3) is 5.91 Å². The van der Waals surface area contributed by atoms with Crippen molar-refractivity contribution in [2.45, 2.75) is 13.5 Å². The summed E-state index contributed by atoms with van der Waals surface area (Å²) in [6, 6.07) is 12.5. The quantitative estimate of drug-likeness (QED) is 0.489. The van der Waals surface area contributed by atoms with E-state index in [1.54, 1.807) is 23.9 Å². The molecule has 0 fully saturated rings. The van der Waals surface area contributed by atoms with Crippen molar-refractivity contribution in [3.05, 3.63) is 77.8 Å². The molecule has 0 radical (unpaired) electrons. The second-order valence-electron chi connectivity index (χ2n) is 6.40. The topological polar surface area (TPSA) is 117 Å². The number of hydrogen-bond donors (Lipinski definition) is 1. The van der Waals surface area contributed by atoms with Crippen LogP contribution in [0.1, 0.15) is 32.5 Å². The summed E-state index contributed by atoms with van der Waals surface area (Å²) in [7, 11) is 1.28. The first-order valence-electron chi connectivity index (χ1n) is 9.03. The lowest BCUT2D eigenvalue weighted by atomic mass is 10.3. The molecule has 0 aliphatic rings. The lowest BCUT2D eigenvalue weighted by Gasteiger charge is -2.00. The summed E-state index contributed by atoms with van der Waals surface area (Å²) >= 11 is 0. The van der Waals surface area contributed by atoms with E-state index in [-0.39, 0.29) is 23.9 Å². The van der Waals surface area contributed by atoms with Crippen LogP contribution in [-0.4, -0.2) is 43.8 Å². The number of ether oxygens (including phenoxy) is 1. The molecule has 30 heavy (non-hydrogen) atoms. The van der Waals surface area contributed by atoms with Crippen LogP contribution in [0.5, 0.6) is 0 Å². The lowest BCUT2D eigenvalue weighted by molar-refractivity contribution is 0.0562. The fourth-order valence-corrected chi connectivity index (χ4v) is 2.80. The van der Waals surface area contributed by atoms with Gasteiger partial charge in [-0.2, -0.15) is 15.0 Å². The molecule has 152 valence electrons. The highest BCUT2D eigenvalue weighted by Gasteiger charge is 2.17. The Morgan fingerprint density at radius 2 is 1.93 bits per heavy atom. The van der Waals surface area contributed by atoms with E-state index in [1.807, 2.05) is 30.3 Å². The van der Waals surface area contributed by atoms with Gasteiger partial charge in [-0.3, -0.25) is 9.48 Å². The molecule has 0 bridgehead atoms. The monoisotopic (exact) mass is 406 g/mol. The molecule has 3 heterocycles. The van der Waals surface area contributed by atoms with E-state index in [2.05, 4.69) is 25.3 Å². The first kappa shape index (κ1) is 19.1. The van der Waals surface area contributed by atoms with Crippen LogP contribution in [0.2, 0.25) is 0 Å². The number of aryl methyl sites for hydroxylation is 1. The Morgan fingerprint density at radius 3 is 2.70 bits per heavy atom. The van der Waals surface area contributed by atoms with Crippen LogP contribution < -0.4 is 5.32 Å². The molecule has 0 aliphatic carbocycles. The number of carbonyl (C=O) groups is 2. The van der Waals surface area contributed by atoms with E-state index >= 15 is 0 Å². The molecule has 1 aromatic carbocycles. The second-order valence-corrected chi connectivity index (χ2v) is 6.40. The summed E-state index contributed by atoms with van der Waals surface area (Å²) < 4.78 is 11.6. The van der Waals surface area contributed by atoms with Crippen molar-refractivity contribution in [2.75, 3.05) is 12.4 Å². The highest BCUT2D eigenvalue weighted by Crippen LogP contribution is 2.14. The minimum absolute atomic E-state index is 0.116. The molecule has 1 amide bonds. The van der Waals surface area contributed by atoms with Gasteiger partial charge in [0.15, 0.2) is 5.69 Å². The van der Waals surface area contributed by atoms with Gasteiger partial charge in [-0.05, 0) is 31.2 Å². The molecule has 0 unspecified atom stereocenters. The zero-order chi connectivity index (χ0) is 21.1. The third kappa shape index (κ3) is 3.97. The Labute approximate surface area is 171 Å². The second kappa shape index (κ2) is 8.03. The fourth-order valence-electron chi connectivity index (χ4n) is 2.80. The van der Waals surface area contributed by atoms with Gasteiger partial charge in [0.05, 0.1) is 36.9 Å². The van der Waals surface area contributed by atoms with Gasteiger partial charge in [0.1, 0.15) is 5.76 Å². The zero-order valence-electron chi connectivity index (χ0n) is 16.3. The molecule has 0 saturated heterocycles. The lowest BCUT2D eigenvalue weighted by Crippen LogP contribution is -2.14. The van der Waals surface area contributed by atoms with Crippen molar-refractivity contribution in [3.63, 3.8) is 0 Å². The minimum atomic E-state index is -0.548. The Morgan fingerprint density at radius 1 is 1.13 bits per heavy atom. The number of aromatic nitrogens is 5. The third-order valence-electron chi connectivity index (χ3n) is 4.24. The summed E-state index contributed by atoms with van der Waals surface area (Å²) in [6.45, 7) is 2.01. The Hall–Kier alpha value is -4.21. The average molecular weight is 406 g/mol. The van der Waals surface area contributed by atoms with Crippen molar-refractivity contribution in [1.29, 1.82) is 0 Å². The van der Waals surface area contributed by atoms with Crippen LogP contribution in [0.4, 0.5) is 5.69 Å². The van der Waals surface area contributed by atoms with E-state index in [0.717, 1.165) is 5.69 Å². The van der Waals surface area contributed by atoms with Crippen LogP contribution in [0.15, 0.2) is 59.3 Å². The molecule has 10 heteroatoms. The number of nitrogens with one attached hydrogen (secondary N) is 1. The normalized spacial score (nSPS) is 10.7. The zero-order valence-corrected chi connectivity index (χ0v) is 16.3. The van der Waals surface area contributed by atoms with Gasteiger partial charge in [-0.25, -0.2) is 4.79 Å². The Kier molecular flexibility index (Phi) is 5.12. The standard InChI is InChI=1S/C20H18N6O4/c1-13-18(24-26(23-13)15-6-4-3-5-7-15)19(27)22-14-10-21-25(11-14)12-16-8-9-17(30-16)20(28)29-2/h3-11H,12H2,1-2H3,(H,22,27). The highest BCUT2D eigenvalue weighted by molar-refractivity contribution is 6.03. The Bertz CT molecular complexity index is 1190. The van der Waals surface area contributed by atoms with E-state index in [9.17, 15) is 9.59 Å². The van der Waals surface area contributed by atoms with Crippen LogP contribution >= 0.6 is 0 Å². The first-order valence-corrected chi connectivity index (χ1v) is 9.03. The van der Waals surface area contributed by atoms with Gasteiger partial charge in [0, 0.05) is 6.20 Å². The molecule has 0 aliphatic heterocycles. The summed E-state index contributed by atoms with van der Waals surface area (Å²) in [5, 5.41) is 15.5. The summed E-state index contributed by atoms with van der Waals surface area (Å²) in [5.74, 6) is -0.294. The number of esters is 1. The molecular weight excluding hydrogens is 388 g/mol. The predicted molar refractivity (Wildman–Crippen MR) is 105 cm³/mol. The number of methoxy groups -OCH3 is 1. The maximum atomic E-state index is 12.6. The number of anilines is 1. The van der Waals surface area contributed by atoms with E-state index in [4.69, 9.17) is 4.42 Å². The molecule has 0 atom stereocenters. The van der Waals surface area contributed by atoms with E-state index in [0.29, 0.717) is 17.1 Å². The minimum Gasteiger partial charge on any atom is -0.463 e. The Balaban J connectivity index is 1.44. The van der Waals surface area contributed by atoms with Crippen molar-refractivity contribution in [2.24, 2.45) is 0 Å². The number of carbonyl (C=O) groups excluding carboxylic acids is 2. The van der Waals surface area contributed by atoms with Gasteiger partial charge in [-0.15, -0.1) is 5.10 Å². The summed E-state index contributed by atoms with van der Waals surface area (Å²) in [4.78, 5) is 25.5. The van der Waals surface area contributed by atoms with Crippen molar-refractivity contribution in [1.82, 2.24) is 24.8 Å². The highest BCUT2D eigenvalue weighted by atomic mass is 16.5. The fraction of sp³-hybridized carbons (Fsp3) is 0.150. The molecule has 4 rings (SSSR count). The van der Waals surface area contributed by atoms with Gasteiger partial charge >= 0.3 is 5.97 Å². The maximum absolute atomic E-state index is 12.6. The molecule has 0 spiro atoms. The molecule has 0 saturated carbocycles. The molecule has 1 N–H and O–H groups in total. The maximum Gasteiger partial charge on any atom is 0.373 e. The van der Waals surface area contributed by atoms with Crippen LogP contribution in [0, 0.1) is 6.92 Å². The number of amides is 1. The van der Waals surface area contributed by atoms with Gasteiger partial charge < -0.3 is 14.5 Å². The molecular formula is C20H18N6O4. The SMILES string of the molecule is COC(=O)c1ccc(Cn2cc(NC(=O)c3nn(-c4ccccc4)nc3C)cn2)o1. The van der Waals surface area contributed by atoms with Crippen molar-refractivity contribution >= 4 is 17.6 Å². The van der Waals surface area contributed by atoms with Gasteiger partial charge in [-0.1, -0.05) is 18.2 Å². The van der Waals surface area contributed by atoms with Crippen molar-refractivity contribution < 1.29 is 18.7 Å². The van der Waals surface area contributed by atoms with Crippen LogP contribution in [0.3, 0.4) is 0 Å². The third-order valence-corrected chi connectivity index (χ3v) is 4.24. The first-order chi connectivity index (χ1) is 14.5. The number of hydrogen-bond acceptors (Lipinski definition) is 7.